The molecule has 0 amide bonds. The Kier molecular flexibility index (Phi) is 12.6. The molecule has 0 aliphatic carbocycles. The molecule has 1 aromatic carbocycles. The van der Waals surface area contributed by atoms with Crippen LogP contribution in [-0.2, 0) is 48.7 Å². The predicted molar refractivity (Wildman–Crippen MR) is 141 cm³/mol. The first-order valence-corrected chi connectivity index (χ1v) is 17.9. The number of sulfonamides is 1. The fraction of sp³-hybridized carbons (Fsp3) is 0.667. The summed E-state index contributed by atoms with van der Waals surface area (Å²) in [6, 6.07) is 3.27. The molecule has 1 aliphatic rings. The van der Waals surface area contributed by atoms with E-state index in [1.165, 1.54) is 15.3 Å². The third-order valence-corrected chi connectivity index (χ3v) is 8.01. The van der Waals surface area contributed by atoms with Gasteiger partial charge < -0.3 is 9.80 Å². The van der Waals surface area contributed by atoms with Crippen molar-refractivity contribution in [3.05, 3.63) is 28.3 Å². The van der Waals surface area contributed by atoms with E-state index in [0.29, 0.717) is 19.3 Å². The summed E-state index contributed by atoms with van der Waals surface area (Å²) >= 11 is 0. The molecular formula is C18H32N4O13S4. The minimum Gasteiger partial charge on any atom is -0.366 e. The molecule has 1 N–H and O–H groups in total. The van der Waals surface area contributed by atoms with E-state index in [2.05, 4.69) is 0 Å². The van der Waals surface area contributed by atoms with Gasteiger partial charge in [0.1, 0.15) is 4.90 Å². The summed E-state index contributed by atoms with van der Waals surface area (Å²) in [5.41, 5.74) is -0.421. The largest absolute Gasteiger partial charge is 0.366 e. The van der Waals surface area contributed by atoms with E-state index in [1.807, 2.05) is 11.9 Å². The molecule has 1 saturated heterocycles. The van der Waals surface area contributed by atoms with E-state index in [-0.39, 0.29) is 50.0 Å². The molecule has 0 aromatic heterocycles. The molecule has 226 valence electrons. The van der Waals surface area contributed by atoms with Gasteiger partial charge in [0, 0.05) is 51.4 Å². The van der Waals surface area contributed by atoms with Crippen molar-refractivity contribution in [2.24, 2.45) is 0 Å². The number of nitro benzene ring substituents is 1. The van der Waals surface area contributed by atoms with Crippen LogP contribution in [0.1, 0.15) is 0 Å². The molecule has 2 rings (SSSR count). The van der Waals surface area contributed by atoms with Crippen LogP contribution in [0, 0.1) is 10.1 Å². The topological polar surface area (TPSA) is 228 Å². The molecule has 21 heteroatoms. The van der Waals surface area contributed by atoms with Crippen molar-refractivity contribution in [3.63, 3.8) is 0 Å². The Balaban J connectivity index is 0.00000139. The first-order chi connectivity index (χ1) is 17.6. The van der Waals surface area contributed by atoms with Gasteiger partial charge in [-0.05, 0) is 13.1 Å². The molecule has 0 bridgehead atoms. The van der Waals surface area contributed by atoms with Gasteiger partial charge in [-0.25, -0.2) is 8.42 Å². The molecule has 1 aromatic rings. The normalized spacial score (nSPS) is 15.8. The minimum atomic E-state index is -4.18. The third kappa shape index (κ3) is 13.8. The molecule has 39 heavy (non-hydrogen) atoms. The maximum absolute atomic E-state index is 13.5. The van der Waals surface area contributed by atoms with Gasteiger partial charge in [-0.3, -0.25) is 23.0 Å². The SMILES string of the molecule is CN1CCN(S(=O)(=O)c2cc([N+](=O)[O-])ccc2N(CCOS(C)(=O)=O)CCOS(C)(=O)=O)CC1.CS(=O)(=O)O. The Morgan fingerprint density at radius 1 is 0.897 bits per heavy atom. The quantitative estimate of drug-likeness (QED) is 0.122. The highest BCUT2D eigenvalue weighted by atomic mass is 32.2. The number of hydrogen-bond donors (Lipinski definition) is 1. The minimum absolute atomic E-state index is 0.0266. The number of rotatable bonds is 12. The van der Waals surface area contributed by atoms with Crippen molar-refractivity contribution in [2.75, 3.05) is 83.2 Å². The monoisotopic (exact) mass is 640 g/mol. The van der Waals surface area contributed by atoms with E-state index in [1.54, 1.807) is 0 Å². The van der Waals surface area contributed by atoms with Crippen LogP contribution in [0.3, 0.4) is 0 Å². The zero-order chi connectivity index (χ0) is 30.2. The highest BCUT2D eigenvalue weighted by Crippen LogP contribution is 2.32. The Labute approximate surface area is 228 Å². The molecule has 17 nitrogen and oxygen atoms in total. The Morgan fingerprint density at radius 2 is 1.33 bits per heavy atom. The van der Waals surface area contributed by atoms with Crippen LogP contribution in [0.4, 0.5) is 11.4 Å². The van der Waals surface area contributed by atoms with Crippen molar-refractivity contribution >= 4 is 51.8 Å². The summed E-state index contributed by atoms with van der Waals surface area (Å²) in [6.45, 7) is 0.220. The lowest BCUT2D eigenvalue weighted by atomic mass is 10.2. The van der Waals surface area contributed by atoms with Gasteiger partial charge in [0.05, 0.1) is 42.6 Å². The van der Waals surface area contributed by atoms with Crippen molar-refractivity contribution in [2.45, 2.75) is 4.90 Å². The number of piperazine rings is 1. The first kappa shape index (κ1) is 35.0. The van der Waals surface area contributed by atoms with Gasteiger partial charge in [-0.1, -0.05) is 0 Å². The van der Waals surface area contributed by atoms with Crippen LogP contribution in [0.25, 0.3) is 0 Å². The van der Waals surface area contributed by atoms with Crippen LogP contribution >= 0.6 is 0 Å². The molecule has 0 saturated carbocycles. The summed E-state index contributed by atoms with van der Waals surface area (Å²) in [6.07, 6.45) is 2.41. The summed E-state index contributed by atoms with van der Waals surface area (Å²) in [7, 11) is -13.6. The van der Waals surface area contributed by atoms with Crippen molar-refractivity contribution in [1.82, 2.24) is 9.21 Å². The summed E-state index contributed by atoms with van der Waals surface area (Å²) in [4.78, 5) is 13.6. The zero-order valence-corrected chi connectivity index (χ0v) is 24.9. The maximum Gasteiger partial charge on any atom is 0.270 e. The van der Waals surface area contributed by atoms with Crippen LogP contribution in [0.5, 0.6) is 0 Å². The number of benzene rings is 1. The van der Waals surface area contributed by atoms with Crippen LogP contribution in [-0.4, -0.2) is 131 Å². The highest BCUT2D eigenvalue weighted by Gasteiger charge is 2.32. The first-order valence-electron chi connectivity index (χ1n) is 10.9. The maximum atomic E-state index is 13.5. The van der Waals surface area contributed by atoms with E-state index >= 15 is 0 Å². The lowest BCUT2D eigenvalue weighted by Gasteiger charge is -2.33. The van der Waals surface area contributed by atoms with Crippen LogP contribution < -0.4 is 4.90 Å². The van der Waals surface area contributed by atoms with E-state index in [9.17, 15) is 43.8 Å². The van der Waals surface area contributed by atoms with Gasteiger partial charge in [0.15, 0.2) is 0 Å². The van der Waals surface area contributed by atoms with Gasteiger partial charge >= 0.3 is 0 Å². The summed E-state index contributed by atoms with van der Waals surface area (Å²) < 4.78 is 109. The molecule has 0 spiro atoms. The molecule has 0 unspecified atom stereocenters. The number of non-ortho nitro benzene ring substituents is 1. The number of hydrogen-bond acceptors (Lipinski definition) is 14. The van der Waals surface area contributed by atoms with Crippen molar-refractivity contribution in [3.8, 4) is 0 Å². The van der Waals surface area contributed by atoms with E-state index < -0.39 is 51.0 Å². The number of nitro groups is 1. The van der Waals surface area contributed by atoms with Crippen LogP contribution in [0.15, 0.2) is 23.1 Å². The van der Waals surface area contributed by atoms with Gasteiger partial charge in [0.2, 0.25) is 10.0 Å². The van der Waals surface area contributed by atoms with Gasteiger partial charge in [-0.15, -0.1) is 0 Å². The van der Waals surface area contributed by atoms with Crippen molar-refractivity contribution in [1.29, 1.82) is 0 Å². The molecule has 1 heterocycles. The second-order valence-corrected chi connectivity index (χ2v) is 15.0. The fourth-order valence-electron chi connectivity index (χ4n) is 3.20. The van der Waals surface area contributed by atoms with Crippen molar-refractivity contribution < 1.29 is 51.5 Å². The summed E-state index contributed by atoms with van der Waals surface area (Å²) in [5, 5.41) is 11.3. The Morgan fingerprint density at radius 3 is 1.72 bits per heavy atom. The number of anilines is 1. The molecule has 1 fully saturated rings. The predicted octanol–water partition coefficient (Wildman–Crippen LogP) is -1.21. The van der Waals surface area contributed by atoms with Crippen LogP contribution in [0.2, 0.25) is 0 Å². The van der Waals surface area contributed by atoms with E-state index in [0.717, 1.165) is 24.6 Å². The lowest BCUT2D eigenvalue weighted by molar-refractivity contribution is -0.385. The number of likely N-dealkylation sites (N-methyl/N-ethyl adjacent to an activating group) is 1. The zero-order valence-electron chi connectivity index (χ0n) is 21.7. The average Bonchev–Trinajstić information content (AvgIpc) is 2.75. The van der Waals surface area contributed by atoms with Gasteiger partial charge in [0.25, 0.3) is 36.0 Å². The van der Waals surface area contributed by atoms with E-state index in [4.69, 9.17) is 12.9 Å². The standard InChI is InChI=1S/C17H28N4O10S3.CH4O3S/c1-18-6-8-20(9-7-18)34(28,29)17-14-15(21(22)23)4-5-16(17)19(10-12-30-32(2,24)25)11-13-31-33(3,26)27;1-5(2,3)4/h4-5,14H,6-13H2,1-3H3;1H3,(H,2,3,4). The second-order valence-electron chi connectivity index (χ2n) is 8.39. The third-order valence-electron chi connectivity index (χ3n) is 4.89. The summed E-state index contributed by atoms with van der Waals surface area (Å²) in [5.74, 6) is 0. The average molecular weight is 641 g/mol. The highest BCUT2D eigenvalue weighted by molar-refractivity contribution is 7.89. The molecule has 1 aliphatic heterocycles. The second kappa shape index (κ2) is 14.1. The number of nitrogens with zero attached hydrogens (tertiary/aromatic N) is 4. The smallest absolute Gasteiger partial charge is 0.270 e. The Bertz CT molecular complexity index is 1370. The Hall–Kier alpha value is -1.98. The molecular weight excluding hydrogens is 608 g/mol. The molecule has 0 radical (unpaired) electrons. The van der Waals surface area contributed by atoms with Gasteiger partial charge in [-0.2, -0.15) is 29.6 Å². The molecule has 0 atom stereocenters. The lowest BCUT2D eigenvalue weighted by Crippen LogP contribution is -2.47. The fourth-order valence-corrected chi connectivity index (χ4v) is 5.61.